The average Bonchev–Trinajstić information content (AvgIpc) is 2.77. The molecule has 3 rings (SSSR count). The molecule has 3 heteroatoms. The zero-order valence-corrected chi connectivity index (χ0v) is 17.7. The van der Waals surface area contributed by atoms with Gasteiger partial charge in [-0.15, -0.1) is 0 Å². The molecule has 1 fully saturated rings. The highest BCUT2D eigenvalue weighted by Crippen LogP contribution is 2.30. The maximum absolute atomic E-state index is 3.81. The predicted octanol–water partition coefficient (Wildman–Crippen LogP) is 4.56. The van der Waals surface area contributed by atoms with Crippen LogP contribution in [0.2, 0.25) is 0 Å². The molecule has 0 saturated carbocycles. The van der Waals surface area contributed by atoms with Crippen LogP contribution in [0.5, 0.6) is 0 Å². The SMILES string of the molecule is CCN(CC)CCCNC1CCN(C(c2ccccc2)c2ccccc2)CC1. The molecule has 0 radical (unpaired) electrons. The molecule has 1 N–H and O–H groups in total. The molecule has 0 aromatic heterocycles. The molecule has 2 aromatic carbocycles. The standard InChI is InChI=1S/C25H37N3/c1-3-27(4-2)19-11-18-26-24-16-20-28(21-17-24)25(22-12-7-5-8-13-22)23-14-9-6-10-15-23/h5-10,12-15,24-26H,3-4,11,16-21H2,1-2H3. The molecule has 3 nitrogen and oxygen atoms in total. The second-order valence-electron chi connectivity index (χ2n) is 7.87. The number of piperidine rings is 1. The molecule has 0 bridgehead atoms. The lowest BCUT2D eigenvalue weighted by atomic mass is 9.94. The minimum absolute atomic E-state index is 0.367. The summed E-state index contributed by atoms with van der Waals surface area (Å²) in [5, 5.41) is 3.81. The van der Waals surface area contributed by atoms with Gasteiger partial charge in [0.15, 0.2) is 0 Å². The van der Waals surface area contributed by atoms with Crippen LogP contribution in [-0.2, 0) is 0 Å². The fraction of sp³-hybridized carbons (Fsp3) is 0.520. The first-order chi connectivity index (χ1) is 13.8. The highest BCUT2D eigenvalue weighted by molar-refractivity contribution is 5.31. The van der Waals surface area contributed by atoms with E-state index in [-0.39, 0.29) is 0 Å². The van der Waals surface area contributed by atoms with Gasteiger partial charge >= 0.3 is 0 Å². The number of nitrogens with one attached hydrogen (secondary N) is 1. The largest absolute Gasteiger partial charge is 0.314 e. The highest BCUT2D eigenvalue weighted by Gasteiger charge is 2.26. The molecular weight excluding hydrogens is 342 g/mol. The summed E-state index contributed by atoms with van der Waals surface area (Å²) in [6.07, 6.45) is 3.72. The molecule has 152 valence electrons. The number of hydrogen-bond acceptors (Lipinski definition) is 3. The van der Waals surface area contributed by atoms with Crippen molar-refractivity contribution in [1.29, 1.82) is 0 Å². The molecule has 2 aromatic rings. The first-order valence-corrected chi connectivity index (χ1v) is 11.1. The van der Waals surface area contributed by atoms with Crippen molar-refractivity contribution < 1.29 is 0 Å². The molecule has 28 heavy (non-hydrogen) atoms. The summed E-state index contributed by atoms with van der Waals surface area (Å²) in [5.41, 5.74) is 2.80. The van der Waals surface area contributed by atoms with Crippen LogP contribution in [0.25, 0.3) is 0 Å². The number of nitrogens with zero attached hydrogens (tertiary/aromatic N) is 2. The smallest absolute Gasteiger partial charge is 0.0601 e. The Morgan fingerprint density at radius 1 is 0.893 bits per heavy atom. The van der Waals surface area contributed by atoms with Crippen molar-refractivity contribution in [3.05, 3.63) is 71.8 Å². The first kappa shape index (κ1) is 21.0. The zero-order valence-electron chi connectivity index (χ0n) is 17.7. The van der Waals surface area contributed by atoms with Crippen LogP contribution in [0.3, 0.4) is 0 Å². The van der Waals surface area contributed by atoms with Gasteiger partial charge in [-0.25, -0.2) is 0 Å². The predicted molar refractivity (Wildman–Crippen MR) is 120 cm³/mol. The van der Waals surface area contributed by atoms with Gasteiger partial charge in [0.25, 0.3) is 0 Å². The van der Waals surface area contributed by atoms with Crippen molar-refractivity contribution in [2.24, 2.45) is 0 Å². The summed E-state index contributed by atoms with van der Waals surface area (Å²) in [5.74, 6) is 0. The molecule has 1 aliphatic heterocycles. The molecule has 0 aliphatic carbocycles. The van der Waals surface area contributed by atoms with E-state index in [9.17, 15) is 0 Å². The van der Waals surface area contributed by atoms with E-state index in [1.807, 2.05) is 0 Å². The molecule has 0 amide bonds. The summed E-state index contributed by atoms with van der Waals surface area (Å²) in [7, 11) is 0. The number of likely N-dealkylation sites (tertiary alicyclic amines) is 1. The van der Waals surface area contributed by atoms with E-state index in [2.05, 4.69) is 89.6 Å². The minimum atomic E-state index is 0.367. The monoisotopic (exact) mass is 379 g/mol. The van der Waals surface area contributed by atoms with Gasteiger partial charge < -0.3 is 10.2 Å². The second-order valence-corrected chi connectivity index (χ2v) is 7.87. The first-order valence-electron chi connectivity index (χ1n) is 11.1. The van der Waals surface area contributed by atoms with Gasteiger partial charge in [0.2, 0.25) is 0 Å². The van der Waals surface area contributed by atoms with Crippen molar-refractivity contribution in [2.75, 3.05) is 39.3 Å². The fourth-order valence-electron chi connectivity index (χ4n) is 4.40. The topological polar surface area (TPSA) is 18.5 Å². The van der Waals surface area contributed by atoms with E-state index in [4.69, 9.17) is 0 Å². The van der Waals surface area contributed by atoms with Crippen LogP contribution in [0.15, 0.2) is 60.7 Å². The summed E-state index contributed by atoms with van der Waals surface area (Å²) in [6.45, 7) is 11.5. The van der Waals surface area contributed by atoms with E-state index in [1.54, 1.807) is 0 Å². The van der Waals surface area contributed by atoms with Crippen LogP contribution in [0.4, 0.5) is 0 Å². The van der Waals surface area contributed by atoms with Crippen LogP contribution >= 0.6 is 0 Å². The Balaban J connectivity index is 1.53. The Labute approximate surface area is 171 Å². The Morgan fingerprint density at radius 3 is 1.93 bits per heavy atom. The molecule has 1 heterocycles. The molecule has 0 unspecified atom stereocenters. The van der Waals surface area contributed by atoms with E-state index in [1.165, 1.54) is 36.9 Å². The Bertz CT molecular complexity index is 607. The number of benzene rings is 2. The van der Waals surface area contributed by atoms with E-state index in [0.717, 1.165) is 32.7 Å². The molecular formula is C25H37N3. The summed E-state index contributed by atoms with van der Waals surface area (Å²) in [6, 6.07) is 23.0. The third-order valence-corrected chi connectivity index (χ3v) is 6.10. The Kier molecular flexibility index (Phi) is 8.53. The summed E-state index contributed by atoms with van der Waals surface area (Å²) >= 11 is 0. The Hall–Kier alpha value is -1.68. The van der Waals surface area contributed by atoms with Gasteiger partial charge in [-0.2, -0.15) is 0 Å². The summed E-state index contributed by atoms with van der Waals surface area (Å²) < 4.78 is 0. The van der Waals surface area contributed by atoms with Crippen molar-refractivity contribution in [3.63, 3.8) is 0 Å². The average molecular weight is 380 g/mol. The number of hydrogen-bond donors (Lipinski definition) is 1. The van der Waals surface area contributed by atoms with E-state index < -0.39 is 0 Å². The van der Waals surface area contributed by atoms with Crippen LogP contribution in [0.1, 0.15) is 50.3 Å². The van der Waals surface area contributed by atoms with Crippen molar-refractivity contribution in [1.82, 2.24) is 15.1 Å². The zero-order chi connectivity index (χ0) is 19.6. The normalized spacial score (nSPS) is 16.1. The maximum Gasteiger partial charge on any atom is 0.0601 e. The van der Waals surface area contributed by atoms with Gasteiger partial charge in [0.1, 0.15) is 0 Å². The van der Waals surface area contributed by atoms with Crippen LogP contribution < -0.4 is 5.32 Å². The lowest BCUT2D eigenvalue weighted by Gasteiger charge is -2.38. The Morgan fingerprint density at radius 2 is 1.43 bits per heavy atom. The van der Waals surface area contributed by atoms with E-state index in [0.29, 0.717) is 12.1 Å². The quantitative estimate of drug-likeness (QED) is 0.611. The van der Waals surface area contributed by atoms with Crippen molar-refractivity contribution in [3.8, 4) is 0 Å². The summed E-state index contributed by atoms with van der Waals surface area (Å²) in [4.78, 5) is 5.17. The molecule has 0 spiro atoms. The van der Waals surface area contributed by atoms with Gasteiger partial charge in [0.05, 0.1) is 6.04 Å². The van der Waals surface area contributed by atoms with Crippen molar-refractivity contribution >= 4 is 0 Å². The van der Waals surface area contributed by atoms with Crippen molar-refractivity contribution in [2.45, 2.75) is 45.2 Å². The van der Waals surface area contributed by atoms with E-state index >= 15 is 0 Å². The molecule has 1 saturated heterocycles. The van der Waals surface area contributed by atoms with Crippen LogP contribution in [-0.4, -0.2) is 55.1 Å². The molecule has 1 aliphatic rings. The van der Waals surface area contributed by atoms with Crippen LogP contribution in [0, 0.1) is 0 Å². The van der Waals surface area contributed by atoms with Gasteiger partial charge in [-0.3, -0.25) is 4.90 Å². The minimum Gasteiger partial charge on any atom is -0.314 e. The maximum atomic E-state index is 3.81. The number of rotatable bonds is 10. The third-order valence-electron chi connectivity index (χ3n) is 6.10. The molecule has 0 atom stereocenters. The lowest BCUT2D eigenvalue weighted by Crippen LogP contribution is -2.44. The lowest BCUT2D eigenvalue weighted by molar-refractivity contribution is 0.162. The second kappa shape index (κ2) is 11.4. The highest BCUT2D eigenvalue weighted by atomic mass is 15.2. The van der Waals surface area contributed by atoms with Gasteiger partial charge in [-0.1, -0.05) is 74.5 Å². The fourth-order valence-corrected chi connectivity index (χ4v) is 4.40. The van der Waals surface area contributed by atoms with Gasteiger partial charge in [-0.05, 0) is 56.6 Å². The third kappa shape index (κ3) is 5.91. The van der Waals surface area contributed by atoms with Gasteiger partial charge in [0, 0.05) is 19.1 Å².